The van der Waals surface area contributed by atoms with Crippen molar-refractivity contribution < 1.29 is 0 Å². The Morgan fingerprint density at radius 3 is 2.20 bits per heavy atom. The highest BCUT2D eigenvalue weighted by molar-refractivity contribution is 9.10. The van der Waals surface area contributed by atoms with E-state index >= 15 is 0 Å². The summed E-state index contributed by atoms with van der Waals surface area (Å²) in [5.41, 5.74) is 3.47. The van der Waals surface area contributed by atoms with Crippen LogP contribution >= 0.6 is 39.1 Å². The number of rotatable bonds is 5. The molecule has 2 rings (SSSR count). The van der Waals surface area contributed by atoms with Gasteiger partial charge >= 0.3 is 0 Å². The highest BCUT2D eigenvalue weighted by atomic mass is 79.9. The Labute approximate surface area is 139 Å². The maximum Gasteiger partial charge on any atom is 0.0335 e. The van der Waals surface area contributed by atoms with Gasteiger partial charge in [0.1, 0.15) is 0 Å². The molecule has 0 bridgehead atoms. The molecule has 0 nitrogen and oxygen atoms in total. The molecule has 3 heteroatoms. The van der Waals surface area contributed by atoms with Crippen LogP contribution in [0.25, 0.3) is 0 Å². The SMILES string of the molecule is Cc1cccc(C(CCl)(CCl)Cc2ccc(Br)cc2)c1. The molecule has 0 aromatic heterocycles. The quantitative estimate of drug-likeness (QED) is 0.590. The Balaban J connectivity index is 2.36. The lowest BCUT2D eigenvalue weighted by molar-refractivity contribution is 0.536. The Kier molecular flexibility index (Phi) is 5.54. The van der Waals surface area contributed by atoms with Gasteiger partial charge < -0.3 is 0 Å². The molecule has 0 aliphatic rings. The normalized spacial score (nSPS) is 11.6. The summed E-state index contributed by atoms with van der Waals surface area (Å²) in [6.07, 6.45) is 0.844. The molecule has 0 heterocycles. The van der Waals surface area contributed by atoms with Gasteiger partial charge in [-0.25, -0.2) is 0 Å². The van der Waals surface area contributed by atoms with Gasteiger partial charge in [0.25, 0.3) is 0 Å². The van der Waals surface area contributed by atoms with Crippen LogP contribution in [0.2, 0.25) is 0 Å². The highest BCUT2D eigenvalue weighted by Gasteiger charge is 2.31. The minimum Gasteiger partial charge on any atom is -0.126 e. The monoisotopic (exact) mass is 370 g/mol. The molecule has 0 atom stereocenters. The van der Waals surface area contributed by atoms with E-state index in [0.717, 1.165) is 10.9 Å². The zero-order chi connectivity index (χ0) is 14.6. The van der Waals surface area contributed by atoms with Crippen LogP contribution in [0.15, 0.2) is 53.0 Å². The van der Waals surface area contributed by atoms with E-state index in [1.165, 1.54) is 16.7 Å². The zero-order valence-corrected chi connectivity index (χ0v) is 14.5. The molecule has 0 unspecified atom stereocenters. The predicted octanol–water partition coefficient (Wildman–Crippen LogP) is 5.72. The van der Waals surface area contributed by atoms with Gasteiger partial charge in [0.15, 0.2) is 0 Å². The molecule has 0 saturated heterocycles. The standard InChI is InChI=1S/C17H17BrCl2/c1-13-3-2-4-15(9-13)17(11-19,12-20)10-14-5-7-16(18)8-6-14/h2-9H,10-12H2,1H3. The fourth-order valence-electron chi connectivity index (χ4n) is 2.35. The van der Waals surface area contributed by atoms with Gasteiger partial charge in [0.2, 0.25) is 0 Å². The molecule has 2 aromatic carbocycles. The first-order valence-electron chi connectivity index (χ1n) is 6.53. The average Bonchev–Trinajstić information content (AvgIpc) is 2.47. The third-order valence-electron chi connectivity index (χ3n) is 3.60. The molecule has 0 radical (unpaired) electrons. The number of hydrogen-bond donors (Lipinski definition) is 0. The van der Waals surface area contributed by atoms with Crippen LogP contribution < -0.4 is 0 Å². The van der Waals surface area contributed by atoms with Crippen LogP contribution in [0.1, 0.15) is 16.7 Å². The summed E-state index contributed by atoms with van der Waals surface area (Å²) >= 11 is 16.1. The molecule has 2 aromatic rings. The topological polar surface area (TPSA) is 0 Å². The van der Waals surface area contributed by atoms with Crippen molar-refractivity contribution in [1.82, 2.24) is 0 Å². The molecular weight excluding hydrogens is 355 g/mol. The summed E-state index contributed by atoms with van der Waals surface area (Å²) in [6, 6.07) is 16.8. The summed E-state index contributed by atoms with van der Waals surface area (Å²) in [6.45, 7) is 2.09. The van der Waals surface area contributed by atoms with Gasteiger partial charge in [-0.3, -0.25) is 0 Å². The first-order chi connectivity index (χ1) is 9.59. The zero-order valence-electron chi connectivity index (χ0n) is 11.4. The van der Waals surface area contributed by atoms with Crippen LogP contribution in [0.5, 0.6) is 0 Å². The third kappa shape index (κ3) is 3.58. The van der Waals surface area contributed by atoms with Gasteiger partial charge in [-0.05, 0) is 36.6 Å². The van der Waals surface area contributed by atoms with E-state index in [0.29, 0.717) is 11.8 Å². The van der Waals surface area contributed by atoms with Gasteiger partial charge in [0.05, 0.1) is 0 Å². The van der Waals surface area contributed by atoms with Crippen LogP contribution in [0, 0.1) is 6.92 Å². The Bertz CT molecular complexity index is 559. The van der Waals surface area contributed by atoms with E-state index in [4.69, 9.17) is 23.2 Å². The van der Waals surface area contributed by atoms with E-state index < -0.39 is 0 Å². The van der Waals surface area contributed by atoms with E-state index in [-0.39, 0.29) is 5.41 Å². The first kappa shape index (κ1) is 15.9. The lowest BCUT2D eigenvalue weighted by Crippen LogP contribution is -2.33. The summed E-state index contributed by atoms with van der Waals surface area (Å²) in [5, 5.41) is 0. The fraction of sp³-hybridized carbons (Fsp3) is 0.294. The smallest absolute Gasteiger partial charge is 0.0335 e. The lowest BCUT2D eigenvalue weighted by atomic mass is 9.78. The minimum atomic E-state index is -0.219. The van der Waals surface area contributed by atoms with Crippen LogP contribution in [0.3, 0.4) is 0 Å². The fourth-order valence-corrected chi connectivity index (χ4v) is 3.40. The predicted molar refractivity (Wildman–Crippen MR) is 92.1 cm³/mol. The van der Waals surface area contributed by atoms with Crippen LogP contribution in [-0.4, -0.2) is 11.8 Å². The largest absolute Gasteiger partial charge is 0.126 e. The summed E-state index contributed by atoms with van der Waals surface area (Å²) in [5.74, 6) is 1.02. The van der Waals surface area contributed by atoms with E-state index in [1.807, 2.05) is 0 Å². The third-order valence-corrected chi connectivity index (χ3v) is 5.15. The second kappa shape index (κ2) is 6.98. The van der Waals surface area contributed by atoms with Crippen molar-refractivity contribution in [3.05, 3.63) is 69.7 Å². The molecule has 0 N–H and O–H groups in total. The molecule has 0 aliphatic heterocycles. The van der Waals surface area contributed by atoms with Gasteiger partial charge in [-0.15, -0.1) is 23.2 Å². The molecule has 0 fully saturated rings. The second-order valence-corrected chi connectivity index (χ2v) is 6.67. The molecule has 20 heavy (non-hydrogen) atoms. The molecule has 0 spiro atoms. The Morgan fingerprint density at radius 2 is 1.65 bits per heavy atom. The van der Waals surface area contributed by atoms with Crippen molar-refractivity contribution >= 4 is 39.1 Å². The first-order valence-corrected chi connectivity index (χ1v) is 8.39. The number of benzene rings is 2. The number of alkyl halides is 2. The number of hydrogen-bond acceptors (Lipinski definition) is 0. The second-order valence-electron chi connectivity index (χ2n) is 5.22. The van der Waals surface area contributed by atoms with Crippen LogP contribution in [-0.2, 0) is 11.8 Å². The molecule has 0 amide bonds. The maximum atomic E-state index is 6.30. The van der Waals surface area contributed by atoms with Gasteiger partial charge in [0, 0.05) is 21.6 Å². The average molecular weight is 372 g/mol. The minimum absolute atomic E-state index is 0.219. The van der Waals surface area contributed by atoms with Crippen molar-refractivity contribution in [3.63, 3.8) is 0 Å². The summed E-state index contributed by atoms with van der Waals surface area (Å²) in [7, 11) is 0. The van der Waals surface area contributed by atoms with Crippen molar-refractivity contribution in [2.45, 2.75) is 18.8 Å². The highest BCUT2D eigenvalue weighted by Crippen LogP contribution is 2.32. The van der Waals surface area contributed by atoms with E-state index in [1.54, 1.807) is 0 Å². The van der Waals surface area contributed by atoms with Crippen molar-refractivity contribution in [3.8, 4) is 0 Å². The van der Waals surface area contributed by atoms with E-state index in [9.17, 15) is 0 Å². The Morgan fingerprint density at radius 1 is 1.00 bits per heavy atom. The summed E-state index contributed by atoms with van der Waals surface area (Å²) < 4.78 is 1.08. The molecule has 0 saturated carbocycles. The van der Waals surface area contributed by atoms with E-state index in [2.05, 4.69) is 71.4 Å². The van der Waals surface area contributed by atoms with Crippen LogP contribution in [0.4, 0.5) is 0 Å². The van der Waals surface area contributed by atoms with Gasteiger partial charge in [-0.1, -0.05) is 57.9 Å². The Hall–Kier alpha value is -0.500. The maximum absolute atomic E-state index is 6.30. The van der Waals surface area contributed by atoms with Crippen molar-refractivity contribution in [1.29, 1.82) is 0 Å². The summed E-state index contributed by atoms with van der Waals surface area (Å²) in [4.78, 5) is 0. The molecule has 106 valence electrons. The number of halogens is 3. The van der Waals surface area contributed by atoms with Crippen molar-refractivity contribution in [2.75, 3.05) is 11.8 Å². The van der Waals surface area contributed by atoms with Gasteiger partial charge in [-0.2, -0.15) is 0 Å². The lowest BCUT2D eigenvalue weighted by Gasteiger charge is -2.31. The number of aryl methyl sites for hydroxylation is 1. The van der Waals surface area contributed by atoms with Crippen molar-refractivity contribution in [2.24, 2.45) is 0 Å². The molecule has 0 aliphatic carbocycles. The molecular formula is C17H17BrCl2.